The molecule has 0 heterocycles. The molecule has 0 unspecified atom stereocenters. The molecule has 1 aliphatic carbocycles. The van der Waals surface area contributed by atoms with E-state index in [9.17, 15) is 0 Å². The number of nitrogens with two attached hydrogens (primary N) is 2. The maximum Gasteiger partial charge on any atom is 0.211 e. The lowest BCUT2D eigenvalue weighted by Crippen LogP contribution is -2.21. The standard InChI is InChI=1S/C10H20N4/c11-10(12)14-13-8-4-7-9-5-2-1-3-6-9/h8-9H,1-7H2,(H4,11,12,14)/b13-8-. The lowest BCUT2D eigenvalue weighted by molar-refractivity contribution is 0.344. The average Bonchev–Trinajstić information content (AvgIpc) is 2.18. The monoisotopic (exact) mass is 196 g/mol. The summed E-state index contributed by atoms with van der Waals surface area (Å²) in [4.78, 5) is 0. The second-order valence-electron chi connectivity index (χ2n) is 3.90. The van der Waals surface area contributed by atoms with Crippen LogP contribution in [0.15, 0.2) is 10.2 Å². The van der Waals surface area contributed by atoms with Gasteiger partial charge in [0.2, 0.25) is 5.96 Å². The van der Waals surface area contributed by atoms with Gasteiger partial charge in [0, 0.05) is 6.21 Å². The molecule has 4 N–H and O–H groups in total. The Bertz CT molecular complexity index is 200. The fourth-order valence-corrected chi connectivity index (χ4v) is 1.95. The van der Waals surface area contributed by atoms with Gasteiger partial charge < -0.3 is 11.5 Å². The Labute approximate surface area is 85.5 Å². The number of guanidine groups is 1. The van der Waals surface area contributed by atoms with Gasteiger partial charge in [-0.3, -0.25) is 0 Å². The van der Waals surface area contributed by atoms with Crippen LogP contribution in [0.5, 0.6) is 0 Å². The van der Waals surface area contributed by atoms with Crippen LogP contribution in [0.2, 0.25) is 0 Å². The van der Waals surface area contributed by atoms with E-state index in [1.54, 1.807) is 6.21 Å². The van der Waals surface area contributed by atoms with Crippen LogP contribution in [0.3, 0.4) is 0 Å². The zero-order valence-electron chi connectivity index (χ0n) is 8.65. The summed E-state index contributed by atoms with van der Waals surface area (Å²) < 4.78 is 0. The molecular weight excluding hydrogens is 176 g/mol. The summed E-state index contributed by atoms with van der Waals surface area (Å²) >= 11 is 0. The number of hydrogen-bond donors (Lipinski definition) is 2. The van der Waals surface area contributed by atoms with E-state index in [-0.39, 0.29) is 5.96 Å². The second-order valence-corrected chi connectivity index (χ2v) is 3.90. The molecule has 0 bridgehead atoms. The molecule has 0 aromatic heterocycles. The van der Waals surface area contributed by atoms with Gasteiger partial charge in [0.05, 0.1) is 0 Å². The van der Waals surface area contributed by atoms with Crippen molar-refractivity contribution in [1.82, 2.24) is 0 Å². The van der Waals surface area contributed by atoms with Crippen LogP contribution in [0.1, 0.15) is 44.9 Å². The Morgan fingerprint density at radius 3 is 2.57 bits per heavy atom. The van der Waals surface area contributed by atoms with E-state index in [4.69, 9.17) is 11.5 Å². The van der Waals surface area contributed by atoms with Crippen LogP contribution in [-0.4, -0.2) is 12.2 Å². The molecule has 0 aliphatic heterocycles. The maximum atomic E-state index is 5.13. The fourth-order valence-electron chi connectivity index (χ4n) is 1.95. The van der Waals surface area contributed by atoms with Gasteiger partial charge in [-0.15, -0.1) is 5.10 Å². The quantitative estimate of drug-likeness (QED) is 0.407. The zero-order valence-corrected chi connectivity index (χ0v) is 8.65. The van der Waals surface area contributed by atoms with Gasteiger partial charge in [0.1, 0.15) is 0 Å². The average molecular weight is 196 g/mol. The predicted molar refractivity (Wildman–Crippen MR) is 60.1 cm³/mol. The molecule has 0 spiro atoms. The summed E-state index contributed by atoms with van der Waals surface area (Å²) in [5, 5.41) is 7.32. The van der Waals surface area contributed by atoms with E-state index in [0.29, 0.717) is 0 Å². The van der Waals surface area contributed by atoms with Crippen LogP contribution in [0, 0.1) is 5.92 Å². The third kappa shape index (κ3) is 4.84. The second kappa shape index (κ2) is 6.40. The normalized spacial score (nSPS) is 18.6. The van der Waals surface area contributed by atoms with Gasteiger partial charge in [-0.2, -0.15) is 5.10 Å². The molecule has 4 nitrogen and oxygen atoms in total. The van der Waals surface area contributed by atoms with Crippen LogP contribution < -0.4 is 11.5 Å². The molecule has 1 rings (SSSR count). The largest absolute Gasteiger partial charge is 0.369 e. The Kier molecular flexibility index (Phi) is 5.04. The summed E-state index contributed by atoms with van der Waals surface area (Å²) in [6.07, 6.45) is 11.0. The van der Waals surface area contributed by atoms with Crippen LogP contribution in [0.4, 0.5) is 0 Å². The molecule has 4 heteroatoms. The lowest BCUT2D eigenvalue weighted by Gasteiger charge is -2.20. The Balaban J connectivity index is 2.08. The molecule has 80 valence electrons. The predicted octanol–water partition coefficient (Wildman–Crippen LogP) is 1.61. The van der Waals surface area contributed by atoms with Crippen molar-refractivity contribution in [3.8, 4) is 0 Å². The molecular formula is C10H20N4. The number of nitrogens with zero attached hydrogens (tertiary/aromatic N) is 2. The lowest BCUT2D eigenvalue weighted by atomic mass is 9.86. The van der Waals surface area contributed by atoms with Crippen molar-refractivity contribution in [3.05, 3.63) is 0 Å². The van der Waals surface area contributed by atoms with E-state index in [0.717, 1.165) is 12.3 Å². The van der Waals surface area contributed by atoms with Crippen LogP contribution in [0.25, 0.3) is 0 Å². The topological polar surface area (TPSA) is 76.8 Å². The van der Waals surface area contributed by atoms with Crippen molar-refractivity contribution in [2.75, 3.05) is 0 Å². The highest BCUT2D eigenvalue weighted by Gasteiger charge is 2.11. The number of hydrogen-bond acceptors (Lipinski definition) is 2. The third-order valence-corrected chi connectivity index (χ3v) is 2.68. The SMILES string of the molecule is NC(N)=N/N=C\CCC1CCCCC1. The molecule has 1 saturated carbocycles. The van der Waals surface area contributed by atoms with Crippen molar-refractivity contribution in [2.45, 2.75) is 44.9 Å². The first-order valence-electron chi connectivity index (χ1n) is 5.39. The molecule has 0 amide bonds. The molecule has 0 radical (unpaired) electrons. The van der Waals surface area contributed by atoms with Gasteiger partial charge in [-0.1, -0.05) is 32.1 Å². The van der Waals surface area contributed by atoms with Gasteiger partial charge in [0.15, 0.2) is 0 Å². The van der Waals surface area contributed by atoms with Gasteiger partial charge >= 0.3 is 0 Å². The summed E-state index contributed by atoms with van der Waals surface area (Å²) in [6, 6.07) is 0. The third-order valence-electron chi connectivity index (χ3n) is 2.68. The molecule has 1 fully saturated rings. The fraction of sp³-hybridized carbons (Fsp3) is 0.800. The minimum Gasteiger partial charge on any atom is -0.369 e. The van der Waals surface area contributed by atoms with Crippen LogP contribution >= 0.6 is 0 Å². The molecule has 0 aromatic carbocycles. The summed E-state index contributed by atoms with van der Waals surface area (Å²) in [6.45, 7) is 0. The smallest absolute Gasteiger partial charge is 0.211 e. The van der Waals surface area contributed by atoms with E-state index >= 15 is 0 Å². The molecule has 1 aliphatic rings. The summed E-state index contributed by atoms with van der Waals surface area (Å²) in [7, 11) is 0. The van der Waals surface area contributed by atoms with Crippen molar-refractivity contribution in [1.29, 1.82) is 0 Å². The zero-order chi connectivity index (χ0) is 10.2. The first kappa shape index (κ1) is 11.0. The van der Waals surface area contributed by atoms with E-state index in [2.05, 4.69) is 10.2 Å². The highest BCUT2D eigenvalue weighted by molar-refractivity contribution is 5.76. The maximum absolute atomic E-state index is 5.13. The van der Waals surface area contributed by atoms with Crippen LogP contribution in [-0.2, 0) is 0 Å². The van der Waals surface area contributed by atoms with E-state index < -0.39 is 0 Å². The van der Waals surface area contributed by atoms with E-state index in [1.807, 2.05) is 0 Å². The van der Waals surface area contributed by atoms with Gasteiger partial charge in [-0.25, -0.2) is 0 Å². The number of rotatable bonds is 4. The minimum atomic E-state index is 0.0268. The molecule has 0 atom stereocenters. The van der Waals surface area contributed by atoms with Crippen molar-refractivity contribution in [2.24, 2.45) is 27.6 Å². The van der Waals surface area contributed by atoms with Crippen molar-refractivity contribution < 1.29 is 0 Å². The van der Waals surface area contributed by atoms with E-state index in [1.165, 1.54) is 38.5 Å². The summed E-state index contributed by atoms with van der Waals surface area (Å²) in [5.74, 6) is 0.924. The Morgan fingerprint density at radius 2 is 1.93 bits per heavy atom. The Morgan fingerprint density at radius 1 is 1.21 bits per heavy atom. The molecule has 0 saturated heterocycles. The highest BCUT2D eigenvalue weighted by Crippen LogP contribution is 2.26. The first-order valence-corrected chi connectivity index (χ1v) is 5.39. The molecule has 0 aromatic rings. The Hall–Kier alpha value is -1.06. The minimum absolute atomic E-state index is 0.0268. The van der Waals surface area contributed by atoms with Gasteiger partial charge in [-0.05, 0) is 18.8 Å². The van der Waals surface area contributed by atoms with Crippen molar-refractivity contribution >= 4 is 12.2 Å². The molecule has 14 heavy (non-hydrogen) atoms. The first-order chi connectivity index (χ1) is 6.79. The highest BCUT2D eigenvalue weighted by atomic mass is 15.3. The van der Waals surface area contributed by atoms with Gasteiger partial charge in [0.25, 0.3) is 0 Å². The van der Waals surface area contributed by atoms with Crippen molar-refractivity contribution in [3.63, 3.8) is 0 Å². The summed E-state index contributed by atoms with van der Waals surface area (Å²) in [5.41, 5.74) is 10.3.